The van der Waals surface area contributed by atoms with Crippen molar-refractivity contribution in [3.63, 3.8) is 0 Å². The SMILES string of the molecule is Cc1cccnc1Oc1ccc(CCNc2ncnc3nccnc23)cc1. The van der Waals surface area contributed by atoms with Crippen molar-refractivity contribution >= 4 is 17.0 Å². The standard InChI is InChI=1S/C20H18N6O/c1-14-3-2-9-24-20(14)27-16-6-4-15(5-7-16)8-10-22-18-17-19(26-13-25-18)23-12-11-21-17/h2-7,9,11-13H,8,10H2,1H3,(H,22,23,25,26). The van der Waals surface area contributed by atoms with E-state index in [0.29, 0.717) is 22.9 Å². The molecule has 0 spiro atoms. The van der Waals surface area contributed by atoms with Gasteiger partial charge in [0, 0.05) is 30.7 Å². The van der Waals surface area contributed by atoms with E-state index in [1.54, 1.807) is 18.6 Å². The van der Waals surface area contributed by atoms with Crippen LogP contribution in [-0.2, 0) is 6.42 Å². The number of ether oxygens (including phenoxy) is 1. The topological polar surface area (TPSA) is 85.7 Å². The summed E-state index contributed by atoms with van der Waals surface area (Å²) < 4.78 is 5.83. The summed E-state index contributed by atoms with van der Waals surface area (Å²) in [6, 6.07) is 11.9. The molecule has 134 valence electrons. The zero-order chi connectivity index (χ0) is 18.5. The van der Waals surface area contributed by atoms with Gasteiger partial charge in [-0.3, -0.25) is 0 Å². The minimum atomic E-state index is 0.585. The molecule has 0 bridgehead atoms. The molecule has 0 aliphatic rings. The number of benzene rings is 1. The van der Waals surface area contributed by atoms with Crippen LogP contribution in [0.5, 0.6) is 11.6 Å². The maximum atomic E-state index is 5.83. The van der Waals surface area contributed by atoms with Crippen molar-refractivity contribution in [2.24, 2.45) is 0 Å². The summed E-state index contributed by atoms with van der Waals surface area (Å²) in [7, 11) is 0. The zero-order valence-corrected chi connectivity index (χ0v) is 14.8. The zero-order valence-electron chi connectivity index (χ0n) is 14.8. The Morgan fingerprint density at radius 2 is 1.74 bits per heavy atom. The number of pyridine rings is 1. The van der Waals surface area contributed by atoms with Crippen molar-refractivity contribution in [1.82, 2.24) is 24.9 Å². The minimum absolute atomic E-state index is 0.585. The van der Waals surface area contributed by atoms with Crippen LogP contribution in [0.4, 0.5) is 5.82 Å². The van der Waals surface area contributed by atoms with E-state index in [4.69, 9.17) is 4.74 Å². The number of fused-ring (bicyclic) bond motifs is 1. The first-order valence-electron chi connectivity index (χ1n) is 8.63. The lowest BCUT2D eigenvalue weighted by Crippen LogP contribution is -2.08. The fraction of sp³-hybridized carbons (Fsp3) is 0.150. The Hall–Kier alpha value is -3.61. The predicted molar refractivity (Wildman–Crippen MR) is 103 cm³/mol. The van der Waals surface area contributed by atoms with Gasteiger partial charge in [0.25, 0.3) is 0 Å². The third kappa shape index (κ3) is 3.98. The Kier molecular flexibility index (Phi) is 4.82. The van der Waals surface area contributed by atoms with E-state index < -0.39 is 0 Å². The van der Waals surface area contributed by atoms with Gasteiger partial charge in [-0.25, -0.2) is 24.9 Å². The van der Waals surface area contributed by atoms with Crippen molar-refractivity contribution in [2.75, 3.05) is 11.9 Å². The van der Waals surface area contributed by atoms with Crippen molar-refractivity contribution in [2.45, 2.75) is 13.3 Å². The van der Waals surface area contributed by atoms with E-state index in [-0.39, 0.29) is 0 Å². The molecule has 0 radical (unpaired) electrons. The maximum absolute atomic E-state index is 5.83. The highest BCUT2D eigenvalue weighted by atomic mass is 16.5. The average Bonchev–Trinajstić information content (AvgIpc) is 2.71. The molecular weight excluding hydrogens is 340 g/mol. The molecule has 3 aromatic heterocycles. The van der Waals surface area contributed by atoms with Gasteiger partial charge in [-0.05, 0) is 37.1 Å². The molecule has 3 heterocycles. The Morgan fingerprint density at radius 3 is 2.59 bits per heavy atom. The van der Waals surface area contributed by atoms with Crippen LogP contribution >= 0.6 is 0 Å². The fourth-order valence-electron chi connectivity index (χ4n) is 2.66. The number of aromatic nitrogens is 5. The van der Waals surface area contributed by atoms with Gasteiger partial charge >= 0.3 is 0 Å². The van der Waals surface area contributed by atoms with Crippen molar-refractivity contribution in [3.05, 3.63) is 72.4 Å². The lowest BCUT2D eigenvalue weighted by molar-refractivity contribution is 0.459. The van der Waals surface area contributed by atoms with Crippen LogP contribution < -0.4 is 10.1 Å². The Balaban J connectivity index is 1.37. The molecule has 1 N–H and O–H groups in total. The van der Waals surface area contributed by atoms with Crippen LogP contribution in [0, 0.1) is 6.92 Å². The second kappa shape index (κ2) is 7.74. The summed E-state index contributed by atoms with van der Waals surface area (Å²) in [6.07, 6.45) is 7.32. The monoisotopic (exact) mass is 358 g/mol. The van der Waals surface area contributed by atoms with Gasteiger partial charge in [0.15, 0.2) is 11.5 Å². The molecule has 0 saturated carbocycles. The fourth-order valence-corrected chi connectivity index (χ4v) is 2.66. The van der Waals surface area contributed by atoms with Crippen LogP contribution in [0.1, 0.15) is 11.1 Å². The van der Waals surface area contributed by atoms with Crippen LogP contribution in [0.15, 0.2) is 61.3 Å². The molecule has 0 aliphatic carbocycles. The van der Waals surface area contributed by atoms with Gasteiger partial charge in [-0.2, -0.15) is 0 Å². The summed E-state index contributed by atoms with van der Waals surface area (Å²) in [5.74, 6) is 2.09. The summed E-state index contributed by atoms with van der Waals surface area (Å²) >= 11 is 0. The molecule has 7 heteroatoms. The number of hydrogen-bond acceptors (Lipinski definition) is 7. The van der Waals surface area contributed by atoms with E-state index in [1.807, 2.05) is 43.3 Å². The third-order valence-electron chi connectivity index (χ3n) is 4.08. The molecule has 0 amide bonds. The van der Waals surface area contributed by atoms with E-state index >= 15 is 0 Å². The predicted octanol–water partition coefficient (Wildman–Crippen LogP) is 3.57. The van der Waals surface area contributed by atoms with Gasteiger partial charge in [0.1, 0.15) is 17.6 Å². The average molecular weight is 358 g/mol. The maximum Gasteiger partial charge on any atom is 0.222 e. The molecule has 0 saturated heterocycles. The molecule has 0 unspecified atom stereocenters. The first-order valence-corrected chi connectivity index (χ1v) is 8.63. The highest BCUT2D eigenvalue weighted by molar-refractivity contribution is 5.81. The van der Waals surface area contributed by atoms with Gasteiger partial charge in [-0.15, -0.1) is 0 Å². The number of rotatable bonds is 6. The van der Waals surface area contributed by atoms with Gasteiger partial charge in [0.2, 0.25) is 5.88 Å². The highest BCUT2D eigenvalue weighted by Crippen LogP contribution is 2.22. The number of nitrogens with zero attached hydrogens (tertiary/aromatic N) is 5. The summed E-state index contributed by atoms with van der Waals surface area (Å²) in [5, 5.41) is 3.30. The first kappa shape index (κ1) is 16.8. The van der Waals surface area contributed by atoms with E-state index in [9.17, 15) is 0 Å². The summed E-state index contributed by atoms with van der Waals surface area (Å²) in [4.78, 5) is 21.1. The van der Waals surface area contributed by atoms with Crippen LogP contribution in [-0.4, -0.2) is 31.5 Å². The second-order valence-corrected chi connectivity index (χ2v) is 6.00. The smallest absolute Gasteiger partial charge is 0.222 e. The normalized spacial score (nSPS) is 10.7. The van der Waals surface area contributed by atoms with Gasteiger partial charge in [-0.1, -0.05) is 18.2 Å². The summed E-state index contributed by atoms with van der Waals surface area (Å²) in [6.45, 7) is 2.70. The molecule has 0 atom stereocenters. The molecule has 0 fully saturated rings. The van der Waals surface area contributed by atoms with Crippen LogP contribution in [0.2, 0.25) is 0 Å². The van der Waals surface area contributed by atoms with Crippen LogP contribution in [0.3, 0.4) is 0 Å². The minimum Gasteiger partial charge on any atom is -0.439 e. The Bertz CT molecular complexity index is 1050. The molecule has 0 aliphatic heterocycles. The van der Waals surface area contributed by atoms with Crippen molar-refractivity contribution < 1.29 is 4.74 Å². The number of anilines is 1. The third-order valence-corrected chi connectivity index (χ3v) is 4.08. The van der Waals surface area contributed by atoms with Crippen LogP contribution in [0.25, 0.3) is 11.2 Å². The molecule has 7 nitrogen and oxygen atoms in total. The summed E-state index contributed by atoms with van der Waals surface area (Å²) in [5.41, 5.74) is 3.46. The van der Waals surface area contributed by atoms with Crippen molar-refractivity contribution in [3.8, 4) is 11.6 Å². The molecule has 27 heavy (non-hydrogen) atoms. The second-order valence-electron chi connectivity index (χ2n) is 6.00. The first-order chi connectivity index (χ1) is 13.3. The Morgan fingerprint density at radius 1 is 0.889 bits per heavy atom. The van der Waals surface area contributed by atoms with E-state index in [2.05, 4.69) is 30.2 Å². The molecule has 1 aromatic carbocycles. The van der Waals surface area contributed by atoms with Gasteiger partial charge in [0.05, 0.1) is 0 Å². The highest BCUT2D eigenvalue weighted by Gasteiger charge is 2.05. The van der Waals surface area contributed by atoms with E-state index in [0.717, 1.165) is 24.3 Å². The van der Waals surface area contributed by atoms with E-state index in [1.165, 1.54) is 11.9 Å². The molecule has 4 rings (SSSR count). The quantitative estimate of drug-likeness (QED) is 0.564. The number of nitrogens with one attached hydrogen (secondary N) is 1. The van der Waals surface area contributed by atoms with Gasteiger partial charge < -0.3 is 10.1 Å². The van der Waals surface area contributed by atoms with Crippen molar-refractivity contribution in [1.29, 1.82) is 0 Å². The number of aryl methyl sites for hydroxylation is 1. The molecular formula is C20H18N6O. The lowest BCUT2D eigenvalue weighted by atomic mass is 10.1. The Labute approximate surface area is 156 Å². The largest absolute Gasteiger partial charge is 0.439 e. The lowest BCUT2D eigenvalue weighted by Gasteiger charge is -2.09. The molecule has 4 aromatic rings. The number of hydrogen-bond donors (Lipinski definition) is 1.